The minimum atomic E-state index is -0.604. The number of carbonyl (C=O) groups is 2. The van der Waals surface area contributed by atoms with Crippen LogP contribution in [0.1, 0.15) is 48.7 Å². The zero-order chi connectivity index (χ0) is 22.1. The predicted molar refractivity (Wildman–Crippen MR) is 122 cm³/mol. The maximum absolute atomic E-state index is 13.0. The lowest BCUT2D eigenvalue weighted by molar-refractivity contribution is -0.137. The van der Waals surface area contributed by atoms with Crippen molar-refractivity contribution in [1.82, 2.24) is 20.2 Å². The Kier molecular flexibility index (Phi) is 5.81. The molecule has 1 fully saturated rings. The number of benzene rings is 1. The summed E-state index contributed by atoms with van der Waals surface area (Å²) in [5.41, 5.74) is 5.44. The Morgan fingerprint density at radius 2 is 1.90 bits per heavy atom. The molecule has 1 aliphatic rings. The van der Waals surface area contributed by atoms with E-state index in [-0.39, 0.29) is 17.7 Å². The number of amides is 2. The second kappa shape index (κ2) is 8.53. The van der Waals surface area contributed by atoms with Gasteiger partial charge >= 0.3 is 0 Å². The molecule has 4 rings (SSSR count). The molecule has 2 aromatic heterocycles. The fourth-order valence-corrected chi connectivity index (χ4v) is 4.75. The van der Waals surface area contributed by atoms with E-state index in [4.69, 9.17) is 0 Å². The maximum Gasteiger partial charge on any atom is 0.243 e. The molecule has 3 aromatic rings. The number of pyridine rings is 1. The first-order valence-electron chi connectivity index (χ1n) is 11.0. The van der Waals surface area contributed by atoms with E-state index >= 15 is 0 Å². The second-order valence-electron chi connectivity index (χ2n) is 8.53. The van der Waals surface area contributed by atoms with Gasteiger partial charge in [0.2, 0.25) is 11.8 Å². The van der Waals surface area contributed by atoms with Gasteiger partial charge < -0.3 is 15.2 Å². The third-order valence-corrected chi connectivity index (χ3v) is 6.28. The number of nitrogens with one attached hydrogen (secondary N) is 2. The first-order valence-corrected chi connectivity index (χ1v) is 11.0. The molecule has 0 radical (unpaired) electrons. The van der Waals surface area contributed by atoms with Crippen molar-refractivity contribution < 1.29 is 9.59 Å². The van der Waals surface area contributed by atoms with Crippen molar-refractivity contribution in [2.75, 3.05) is 0 Å². The van der Waals surface area contributed by atoms with Gasteiger partial charge in [0.1, 0.15) is 12.1 Å². The van der Waals surface area contributed by atoms with Crippen molar-refractivity contribution in [3.63, 3.8) is 0 Å². The van der Waals surface area contributed by atoms with Crippen LogP contribution >= 0.6 is 0 Å². The zero-order valence-electron chi connectivity index (χ0n) is 18.6. The van der Waals surface area contributed by atoms with Crippen LogP contribution < -0.4 is 10.6 Å². The van der Waals surface area contributed by atoms with Crippen molar-refractivity contribution >= 4 is 22.7 Å². The summed E-state index contributed by atoms with van der Waals surface area (Å²) in [5, 5.41) is 7.09. The van der Waals surface area contributed by atoms with Crippen molar-refractivity contribution in [3.8, 4) is 0 Å². The first-order chi connectivity index (χ1) is 14.9. The predicted octanol–water partition coefficient (Wildman–Crippen LogP) is 3.39. The van der Waals surface area contributed by atoms with Crippen molar-refractivity contribution in [2.45, 2.75) is 65.1 Å². The van der Waals surface area contributed by atoms with Gasteiger partial charge in [0.05, 0.1) is 0 Å². The van der Waals surface area contributed by atoms with E-state index in [1.807, 2.05) is 25.1 Å². The highest BCUT2D eigenvalue weighted by Gasteiger charge is 2.38. The number of hydrogen-bond donors (Lipinski definition) is 2. The van der Waals surface area contributed by atoms with Crippen LogP contribution in [0.15, 0.2) is 42.6 Å². The van der Waals surface area contributed by atoms with E-state index in [1.54, 1.807) is 6.20 Å². The summed E-state index contributed by atoms with van der Waals surface area (Å²) >= 11 is 0. The summed E-state index contributed by atoms with van der Waals surface area (Å²) in [6.45, 7) is 9.32. The quantitative estimate of drug-likeness (QED) is 0.644. The van der Waals surface area contributed by atoms with Crippen LogP contribution in [0.25, 0.3) is 10.9 Å². The highest BCUT2D eigenvalue weighted by molar-refractivity contribution is 5.98. The lowest BCUT2D eigenvalue weighted by Gasteiger charge is -2.33. The number of rotatable bonds is 6. The molecule has 0 unspecified atom stereocenters. The van der Waals surface area contributed by atoms with Crippen LogP contribution in [-0.4, -0.2) is 33.4 Å². The fraction of sp³-hybridized carbons (Fsp3) is 0.400. The molecule has 0 saturated carbocycles. The minimum Gasteiger partial charge on any atom is -0.345 e. The van der Waals surface area contributed by atoms with Crippen LogP contribution in [0, 0.1) is 13.8 Å². The summed E-state index contributed by atoms with van der Waals surface area (Å²) in [6, 6.07) is 10.8. The standard InChI is InChI=1S/C25H30N4O2/c1-5-12-29-17(4)22(19-13-15(2)9-10-21(19)29)16(3)23-25(31)27-20(24(30)28-23)14-18-8-6-7-11-26-18/h6-11,13,16,20,23H,5,12,14H2,1-4H3,(H,27,31)(H,28,30)/t16-,20+,23-/m1/s1. The smallest absolute Gasteiger partial charge is 0.243 e. The number of hydrogen-bond acceptors (Lipinski definition) is 3. The highest BCUT2D eigenvalue weighted by Crippen LogP contribution is 2.35. The van der Waals surface area contributed by atoms with E-state index in [9.17, 15) is 9.59 Å². The van der Waals surface area contributed by atoms with Crippen molar-refractivity contribution in [2.24, 2.45) is 0 Å². The molecule has 3 heterocycles. The monoisotopic (exact) mass is 418 g/mol. The molecule has 2 amide bonds. The normalized spacial score (nSPS) is 19.9. The van der Waals surface area contributed by atoms with Gasteiger partial charge in [-0.1, -0.05) is 31.5 Å². The van der Waals surface area contributed by atoms with Crippen LogP contribution in [0.2, 0.25) is 0 Å². The molecule has 1 aliphatic heterocycles. The summed E-state index contributed by atoms with van der Waals surface area (Å²) in [7, 11) is 0. The van der Waals surface area contributed by atoms with Crippen LogP contribution in [0.3, 0.4) is 0 Å². The average molecular weight is 419 g/mol. The summed E-state index contributed by atoms with van der Waals surface area (Å²) in [5.74, 6) is -0.452. The summed E-state index contributed by atoms with van der Waals surface area (Å²) in [4.78, 5) is 30.2. The average Bonchev–Trinajstić information content (AvgIpc) is 3.01. The lowest BCUT2D eigenvalue weighted by atomic mass is 9.88. The minimum absolute atomic E-state index is 0.142. The number of aryl methyl sites for hydroxylation is 2. The van der Waals surface area contributed by atoms with E-state index in [0.29, 0.717) is 6.42 Å². The Balaban J connectivity index is 1.63. The Morgan fingerprint density at radius 3 is 2.61 bits per heavy atom. The molecule has 1 aromatic carbocycles. The molecule has 6 heteroatoms. The molecule has 162 valence electrons. The van der Waals surface area contributed by atoms with Gasteiger partial charge in [-0.15, -0.1) is 0 Å². The van der Waals surface area contributed by atoms with E-state index in [2.05, 4.69) is 59.2 Å². The van der Waals surface area contributed by atoms with Gasteiger partial charge in [-0.25, -0.2) is 0 Å². The molecule has 31 heavy (non-hydrogen) atoms. The number of nitrogens with zero attached hydrogens (tertiary/aromatic N) is 2. The van der Waals surface area contributed by atoms with Crippen molar-refractivity contribution in [3.05, 3.63) is 65.1 Å². The third kappa shape index (κ3) is 3.94. The van der Waals surface area contributed by atoms with Crippen LogP contribution in [0.4, 0.5) is 0 Å². The Labute approximate surface area is 183 Å². The molecular weight excluding hydrogens is 388 g/mol. The SMILES string of the molecule is CCCn1c(C)c([C@@H](C)[C@H]2NC(=O)[C@H](Cc3ccccn3)NC2=O)c2cc(C)ccc21. The van der Waals surface area contributed by atoms with Gasteiger partial charge in [0.25, 0.3) is 0 Å². The largest absolute Gasteiger partial charge is 0.345 e. The molecule has 2 N–H and O–H groups in total. The van der Waals surface area contributed by atoms with Crippen molar-refractivity contribution in [1.29, 1.82) is 0 Å². The lowest BCUT2D eigenvalue weighted by Crippen LogP contribution is -2.63. The van der Waals surface area contributed by atoms with E-state index in [0.717, 1.165) is 35.3 Å². The van der Waals surface area contributed by atoms with E-state index in [1.165, 1.54) is 11.1 Å². The fourth-order valence-electron chi connectivity index (χ4n) is 4.75. The van der Waals surface area contributed by atoms with Gasteiger partial charge in [-0.3, -0.25) is 14.6 Å². The van der Waals surface area contributed by atoms with Gasteiger partial charge in [0.15, 0.2) is 0 Å². The molecule has 0 spiro atoms. The maximum atomic E-state index is 13.0. The third-order valence-electron chi connectivity index (χ3n) is 6.28. The number of fused-ring (bicyclic) bond motifs is 1. The Hall–Kier alpha value is -3.15. The molecule has 3 atom stereocenters. The number of aromatic nitrogens is 2. The Morgan fingerprint density at radius 1 is 1.10 bits per heavy atom. The summed E-state index contributed by atoms with van der Waals surface area (Å²) in [6.07, 6.45) is 3.11. The molecular formula is C25H30N4O2. The molecule has 0 bridgehead atoms. The van der Waals surface area contributed by atoms with Gasteiger partial charge in [0, 0.05) is 47.4 Å². The second-order valence-corrected chi connectivity index (χ2v) is 8.53. The Bertz CT molecular complexity index is 1120. The first kappa shape index (κ1) is 21.1. The molecule has 1 saturated heterocycles. The van der Waals surface area contributed by atoms with Gasteiger partial charge in [-0.05, 0) is 50.1 Å². The number of piperazine rings is 1. The number of carbonyl (C=O) groups excluding carboxylic acids is 2. The highest BCUT2D eigenvalue weighted by atomic mass is 16.2. The van der Waals surface area contributed by atoms with Gasteiger partial charge in [-0.2, -0.15) is 0 Å². The summed E-state index contributed by atoms with van der Waals surface area (Å²) < 4.78 is 2.33. The van der Waals surface area contributed by atoms with E-state index < -0.39 is 12.1 Å². The zero-order valence-corrected chi connectivity index (χ0v) is 18.6. The van der Waals surface area contributed by atoms with Crippen LogP contribution in [0.5, 0.6) is 0 Å². The topological polar surface area (TPSA) is 76.0 Å². The van der Waals surface area contributed by atoms with Crippen LogP contribution in [-0.2, 0) is 22.6 Å². The molecule has 0 aliphatic carbocycles. The molecule has 6 nitrogen and oxygen atoms in total.